The Hall–Kier alpha value is -4.65. The second-order valence-corrected chi connectivity index (χ2v) is 10.2. The maximum Gasteiger partial charge on any atom is 0.303 e. The number of anilines is 2. The van der Waals surface area contributed by atoms with E-state index >= 15 is 0 Å². The van der Waals surface area contributed by atoms with Crippen LogP contribution in [-0.4, -0.2) is 39.3 Å². The van der Waals surface area contributed by atoms with Crippen molar-refractivity contribution in [1.82, 2.24) is 9.78 Å². The van der Waals surface area contributed by atoms with Crippen molar-refractivity contribution < 1.29 is 24.2 Å². The lowest BCUT2D eigenvalue weighted by Crippen LogP contribution is -2.27. The molecule has 1 aliphatic heterocycles. The summed E-state index contributed by atoms with van der Waals surface area (Å²) in [6.07, 6.45) is 3.27. The first kappa shape index (κ1) is 26.0. The largest absolute Gasteiger partial charge is 0.493 e. The standard InChI is InChI=1S/C29H29N5O5/c1-17-26(28(38)31-22-14-18(16-30)6-7-19(22)4-3-5-25(35)36)29(17)11-13-39-23-9-8-20(15-21(23)29)27(37)32-24-10-12-34(2)33-24/h6-10,12,14-15,17,26H,3-5,11,13H2,1-2H3,(H,31,38)(H,35,36)(H,32,33,37)/t17-,26?,29-/m0/s1. The third-order valence-corrected chi connectivity index (χ3v) is 7.85. The highest BCUT2D eigenvalue weighted by molar-refractivity contribution is 6.04. The van der Waals surface area contributed by atoms with Crippen LogP contribution in [0.15, 0.2) is 48.7 Å². The number of nitrogens with zero attached hydrogens (tertiary/aromatic N) is 3. The number of carboxylic acids is 1. The number of aryl methyl sites for hydroxylation is 2. The summed E-state index contributed by atoms with van der Waals surface area (Å²) in [5.74, 6) is -0.593. The summed E-state index contributed by atoms with van der Waals surface area (Å²) >= 11 is 0. The Morgan fingerprint density at radius 3 is 2.74 bits per heavy atom. The number of rotatable bonds is 8. The molecule has 2 heterocycles. The summed E-state index contributed by atoms with van der Waals surface area (Å²) in [5, 5.41) is 28.4. The highest BCUT2D eigenvalue weighted by Gasteiger charge is 2.67. The van der Waals surface area contributed by atoms with E-state index in [1.54, 1.807) is 54.3 Å². The van der Waals surface area contributed by atoms with Gasteiger partial charge in [-0.05, 0) is 61.1 Å². The van der Waals surface area contributed by atoms with Gasteiger partial charge in [-0.3, -0.25) is 19.1 Å². The molecule has 2 aliphatic rings. The van der Waals surface area contributed by atoms with E-state index in [-0.39, 0.29) is 30.1 Å². The van der Waals surface area contributed by atoms with E-state index in [0.717, 1.165) is 11.1 Å². The van der Waals surface area contributed by atoms with Crippen LogP contribution in [0, 0.1) is 23.2 Å². The molecule has 3 N–H and O–H groups in total. The summed E-state index contributed by atoms with van der Waals surface area (Å²) in [4.78, 5) is 37.6. The lowest BCUT2D eigenvalue weighted by atomic mass is 9.85. The zero-order valence-electron chi connectivity index (χ0n) is 21.7. The van der Waals surface area contributed by atoms with Crippen molar-refractivity contribution in [3.63, 3.8) is 0 Å². The van der Waals surface area contributed by atoms with Crippen LogP contribution in [0.25, 0.3) is 0 Å². The number of fused-ring (bicyclic) bond motifs is 2. The maximum atomic E-state index is 13.6. The molecule has 0 saturated heterocycles. The van der Waals surface area contributed by atoms with Crippen molar-refractivity contribution in [3.8, 4) is 11.8 Å². The smallest absolute Gasteiger partial charge is 0.303 e. The molecule has 1 aliphatic carbocycles. The molecule has 1 fully saturated rings. The van der Waals surface area contributed by atoms with E-state index < -0.39 is 11.4 Å². The molecule has 1 spiro atoms. The van der Waals surface area contributed by atoms with Crippen LogP contribution in [0.5, 0.6) is 5.75 Å². The molecule has 0 radical (unpaired) electrons. The van der Waals surface area contributed by atoms with Gasteiger partial charge in [-0.1, -0.05) is 13.0 Å². The molecule has 0 bridgehead atoms. The molecule has 10 heteroatoms. The molecule has 3 aromatic rings. The predicted molar refractivity (Wildman–Crippen MR) is 142 cm³/mol. The van der Waals surface area contributed by atoms with E-state index in [0.29, 0.717) is 54.3 Å². The highest BCUT2D eigenvalue weighted by Crippen LogP contribution is 2.65. The van der Waals surface area contributed by atoms with Crippen LogP contribution in [-0.2, 0) is 28.5 Å². The number of nitrogens with one attached hydrogen (secondary N) is 2. The summed E-state index contributed by atoms with van der Waals surface area (Å²) in [7, 11) is 1.77. The Kier molecular flexibility index (Phi) is 6.83. The fourth-order valence-electron chi connectivity index (χ4n) is 5.80. The Labute approximate surface area is 225 Å². The number of carbonyl (C=O) groups is 3. The van der Waals surface area contributed by atoms with Gasteiger partial charge < -0.3 is 20.5 Å². The van der Waals surface area contributed by atoms with Crippen LogP contribution >= 0.6 is 0 Å². The Bertz CT molecular complexity index is 1510. The lowest BCUT2D eigenvalue weighted by Gasteiger charge is -2.28. The molecular formula is C29H29N5O5. The third kappa shape index (κ3) is 4.95. The number of amides is 2. The SMILES string of the molecule is C[C@H]1C(C(=O)Nc2cc(C#N)ccc2CCCC(=O)O)[C@@]12CCOc1ccc(C(=O)Nc3ccn(C)n3)cc12. The topological polar surface area (TPSA) is 146 Å². The van der Waals surface area contributed by atoms with Crippen molar-refractivity contribution in [1.29, 1.82) is 5.26 Å². The van der Waals surface area contributed by atoms with Gasteiger partial charge in [0.25, 0.3) is 5.91 Å². The fraction of sp³-hybridized carbons (Fsp3) is 0.345. The molecule has 1 unspecified atom stereocenters. The Morgan fingerprint density at radius 1 is 1.21 bits per heavy atom. The van der Waals surface area contributed by atoms with Crippen molar-refractivity contribution >= 4 is 29.3 Å². The van der Waals surface area contributed by atoms with Crippen LogP contribution in [0.2, 0.25) is 0 Å². The molecule has 2 aromatic carbocycles. The van der Waals surface area contributed by atoms with Crippen LogP contribution < -0.4 is 15.4 Å². The first-order chi connectivity index (χ1) is 18.7. The first-order valence-electron chi connectivity index (χ1n) is 12.9. The second-order valence-electron chi connectivity index (χ2n) is 10.2. The minimum absolute atomic E-state index is 0.00358. The number of carbonyl (C=O) groups excluding carboxylic acids is 2. The van der Waals surface area contributed by atoms with Gasteiger partial charge in [-0.25, -0.2) is 0 Å². The van der Waals surface area contributed by atoms with Crippen molar-refractivity contribution in [3.05, 3.63) is 70.9 Å². The third-order valence-electron chi connectivity index (χ3n) is 7.85. The van der Waals surface area contributed by atoms with Gasteiger partial charge in [0.2, 0.25) is 5.91 Å². The zero-order chi connectivity index (χ0) is 27.7. The average Bonchev–Trinajstić information content (AvgIpc) is 3.26. The van der Waals surface area contributed by atoms with Gasteiger partial charge in [0.1, 0.15) is 5.75 Å². The maximum absolute atomic E-state index is 13.6. The van der Waals surface area contributed by atoms with E-state index in [4.69, 9.17) is 9.84 Å². The zero-order valence-corrected chi connectivity index (χ0v) is 21.7. The lowest BCUT2D eigenvalue weighted by molar-refractivity contribution is -0.137. The van der Waals surface area contributed by atoms with Gasteiger partial charge in [0.15, 0.2) is 5.82 Å². The summed E-state index contributed by atoms with van der Waals surface area (Å²) in [6, 6.07) is 14.2. The number of hydrogen-bond acceptors (Lipinski definition) is 6. The molecule has 39 heavy (non-hydrogen) atoms. The molecule has 1 saturated carbocycles. The molecular weight excluding hydrogens is 498 g/mol. The fourth-order valence-corrected chi connectivity index (χ4v) is 5.80. The number of aromatic nitrogens is 2. The average molecular weight is 528 g/mol. The van der Waals surface area contributed by atoms with Crippen molar-refractivity contribution in [2.24, 2.45) is 18.9 Å². The van der Waals surface area contributed by atoms with Crippen LogP contribution in [0.3, 0.4) is 0 Å². The van der Waals surface area contributed by atoms with Gasteiger partial charge >= 0.3 is 5.97 Å². The first-order valence-corrected chi connectivity index (χ1v) is 12.9. The molecule has 3 atom stereocenters. The highest BCUT2D eigenvalue weighted by atomic mass is 16.5. The van der Waals surface area contributed by atoms with Crippen LogP contribution in [0.1, 0.15) is 53.2 Å². The van der Waals surface area contributed by atoms with E-state index in [9.17, 15) is 19.6 Å². The normalized spacial score (nSPS) is 20.8. The van der Waals surface area contributed by atoms with Gasteiger partial charge in [-0.15, -0.1) is 0 Å². The Balaban J connectivity index is 1.38. The predicted octanol–water partition coefficient (Wildman–Crippen LogP) is 3.88. The summed E-state index contributed by atoms with van der Waals surface area (Å²) in [5.41, 5.74) is 2.52. The minimum atomic E-state index is -0.880. The second kappa shape index (κ2) is 10.3. The summed E-state index contributed by atoms with van der Waals surface area (Å²) in [6.45, 7) is 2.49. The number of carboxylic acid groups (broad SMARTS) is 1. The monoisotopic (exact) mass is 527 g/mol. The van der Waals surface area contributed by atoms with Gasteiger partial charge in [-0.2, -0.15) is 10.4 Å². The van der Waals surface area contributed by atoms with E-state index in [1.807, 2.05) is 13.0 Å². The minimum Gasteiger partial charge on any atom is -0.493 e. The van der Waals surface area contributed by atoms with Crippen LogP contribution in [0.4, 0.5) is 11.5 Å². The van der Waals surface area contributed by atoms with Gasteiger partial charge in [0, 0.05) is 48.0 Å². The number of benzene rings is 2. The number of hydrogen-bond donors (Lipinski definition) is 3. The molecule has 10 nitrogen and oxygen atoms in total. The van der Waals surface area contributed by atoms with E-state index in [2.05, 4.69) is 21.8 Å². The number of aliphatic carboxylic acids is 1. The quantitative estimate of drug-likeness (QED) is 0.403. The number of ether oxygens (including phenoxy) is 1. The van der Waals surface area contributed by atoms with Crippen molar-refractivity contribution in [2.45, 2.75) is 38.0 Å². The molecule has 5 rings (SSSR count). The molecule has 2 amide bonds. The molecule has 200 valence electrons. The molecule has 1 aromatic heterocycles. The van der Waals surface area contributed by atoms with Crippen molar-refractivity contribution in [2.75, 3.05) is 17.2 Å². The summed E-state index contributed by atoms with van der Waals surface area (Å²) < 4.78 is 7.50. The van der Waals surface area contributed by atoms with E-state index in [1.165, 1.54) is 0 Å². The van der Waals surface area contributed by atoms with Gasteiger partial charge in [0.05, 0.1) is 24.2 Å². The Morgan fingerprint density at radius 2 is 2.03 bits per heavy atom. The number of nitriles is 1.